The number of carbonyl (C=O) groups excluding carboxylic acids is 1. The van der Waals surface area contributed by atoms with Crippen molar-refractivity contribution in [3.63, 3.8) is 0 Å². The molecule has 0 aliphatic rings. The molecular formula is C18H18BrN5O2. The van der Waals surface area contributed by atoms with E-state index in [-0.39, 0.29) is 19.1 Å². The molecule has 0 bridgehead atoms. The molecule has 0 aliphatic heterocycles. The maximum atomic E-state index is 12.1. The van der Waals surface area contributed by atoms with Crippen molar-refractivity contribution in [2.45, 2.75) is 20.4 Å². The Balaban J connectivity index is 1.59. The van der Waals surface area contributed by atoms with E-state index in [9.17, 15) is 4.79 Å². The standard InChI is InChI=1S/C18H18BrN5O2/c1-12-6-7-13(2)16(8-12)26-11-18(25)20-10-17-21-22-23-24(17)15-5-3-4-14(19)9-15/h3-9H,10-11H2,1-2H3,(H,20,25). The molecule has 0 saturated heterocycles. The number of aromatic nitrogens is 4. The van der Waals surface area contributed by atoms with E-state index in [0.717, 1.165) is 21.3 Å². The summed E-state index contributed by atoms with van der Waals surface area (Å²) in [5, 5.41) is 14.4. The first-order valence-corrected chi connectivity index (χ1v) is 8.82. The first-order chi connectivity index (χ1) is 12.5. The number of aryl methyl sites for hydroxylation is 2. The van der Waals surface area contributed by atoms with Crippen LogP contribution in [0.3, 0.4) is 0 Å². The number of rotatable bonds is 6. The maximum absolute atomic E-state index is 12.1. The molecule has 0 fully saturated rings. The fourth-order valence-electron chi connectivity index (χ4n) is 2.36. The van der Waals surface area contributed by atoms with E-state index >= 15 is 0 Å². The number of benzene rings is 2. The predicted molar refractivity (Wildman–Crippen MR) is 100 cm³/mol. The van der Waals surface area contributed by atoms with E-state index in [1.165, 1.54) is 0 Å². The smallest absolute Gasteiger partial charge is 0.258 e. The van der Waals surface area contributed by atoms with Crippen LogP contribution in [0.15, 0.2) is 46.9 Å². The summed E-state index contributed by atoms with van der Waals surface area (Å²) >= 11 is 3.42. The first kappa shape index (κ1) is 18.1. The monoisotopic (exact) mass is 415 g/mol. The molecule has 134 valence electrons. The van der Waals surface area contributed by atoms with Gasteiger partial charge in [-0.1, -0.05) is 34.1 Å². The van der Waals surface area contributed by atoms with Crippen molar-refractivity contribution in [1.29, 1.82) is 0 Å². The summed E-state index contributed by atoms with van der Waals surface area (Å²) in [4.78, 5) is 12.1. The van der Waals surface area contributed by atoms with Crippen molar-refractivity contribution in [3.8, 4) is 11.4 Å². The Labute approximate surface area is 159 Å². The van der Waals surface area contributed by atoms with Gasteiger partial charge >= 0.3 is 0 Å². The summed E-state index contributed by atoms with van der Waals surface area (Å²) < 4.78 is 8.10. The van der Waals surface area contributed by atoms with Crippen molar-refractivity contribution < 1.29 is 9.53 Å². The average Bonchev–Trinajstić information content (AvgIpc) is 3.09. The second kappa shape index (κ2) is 8.09. The number of ether oxygens (including phenoxy) is 1. The number of hydrogen-bond donors (Lipinski definition) is 1. The summed E-state index contributed by atoms with van der Waals surface area (Å²) in [7, 11) is 0. The Kier molecular flexibility index (Phi) is 5.62. The van der Waals surface area contributed by atoms with Crippen molar-refractivity contribution in [2.24, 2.45) is 0 Å². The molecule has 8 heteroatoms. The molecule has 0 spiro atoms. The zero-order chi connectivity index (χ0) is 18.5. The maximum Gasteiger partial charge on any atom is 0.258 e. The van der Waals surface area contributed by atoms with Crippen LogP contribution in [0.1, 0.15) is 17.0 Å². The van der Waals surface area contributed by atoms with Crippen LogP contribution in [0.25, 0.3) is 5.69 Å². The van der Waals surface area contributed by atoms with Gasteiger partial charge in [0.1, 0.15) is 5.75 Å². The Bertz CT molecular complexity index is 925. The molecule has 0 aliphatic carbocycles. The van der Waals surface area contributed by atoms with Crippen molar-refractivity contribution >= 4 is 21.8 Å². The molecule has 1 amide bonds. The van der Waals surface area contributed by atoms with Gasteiger partial charge in [0.25, 0.3) is 5.91 Å². The fourth-order valence-corrected chi connectivity index (χ4v) is 2.75. The average molecular weight is 416 g/mol. The van der Waals surface area contributed by atoms with Gasteiger partial charge in [-0.2, -0.15) is 4.68 Å². The molecule has 2 aromatic carbocycles. The predicted octanol–water partition coefficient (Wildman–Crippen LogP) is 2.74. The normalized spacial score (nSPS) is 10.6. The van der Waals surface area contributed by atoms with Crippen LogP contribution in [0, 0.1) is 13.8 Å². The molecule has 1 N–H and O–H groups in total. The third kappa shape index (κ3) is 4.45. The van der Waals surface area contributed by atoms with Gasteiger partial charge in [-0.15, -0.1) is 5.10 Å². The lowest BCUT2D eigenvalue weighted by Crippen LogP contribution is -2.29. The van der Waals surface area contributed by atoms with Gasteiger partial charge in [0.05, 0.1) is 12.2 Å². The van der Waals surface area contributed by atoms with Crippen LogP contribution in [0.4, 0.5) is 0 Å². The summed E-state index contributed by atoms with van der Waals surface area (Å²) in [6.45, 7) is 4.06. The van der Waals surface area contributed by atoms with Crippen LogP contribution < -0.4 is 10.1 Å². The summed E-state index contributed by atoms with van der Waals surface area (Å²) in [6.07, 6.45) is 0. The second-order valence-electron chi connectivity index (χ2n) is 5.82. The molecular weight excluding hydrogens is 398 g/mol. The molecule has 0 atom stereocenters. The molecule has 7 nitrogen and oxygen atoms in total. The molecule has 26 heavy (non-hydrogen) atoms. The van der Waals surface area contributed by atoms with Gasteiger partial charge in [0.2, 0.25) is 0 Å². The van der Waals surface area contributed by atoms with Crippen LogP contribution >= 0.6 is 15.9 Å². The zero-order valence-electron chi connectivity index (χ0n) is 14.4. The van der Waals surface area contributed by atoms with Crippen LogP contribution in [0.5, 0.6) is 5.75 Å². The van der Waals surface area contributed by atoms with Crippen LogP contribution in [0.2, 0.25) is 0 Å². The van der Waals surface area contributed by atoms with Gasteiger partial charge in [-0.3, -0.25) is 4.79 Å². The van der Waals surface area contributed by atoms with Gasteiger partial charge in [-0.25, -0.2) is 0 Å². The Morgan fingerprint density at radius 1 is 1.23 bits per heavy atom. The van der Waals surface area contributed by atoms with E-state index in [2.05, 4.69) is 36.8 Å². The lowest BCUT2D eigenvalue weighted by atomic mass is 10.1. The zero-order valence-corrected chi connectivity index (χ0v) is 16.0. The van der Waals surface area contributed by atoms with Gasteiger partial charge in [-0.05, 0) is 59.7 Å². The van der Waals surface area contributed by atoms with E-state index in [1.807, 2.05) is 56.3 Å². The molecule has 1 heterocycles. The van der Waals surface area contributed by atoms with Gasteiger partial charge < -0.3 is 10.1 Å². The van der Waals surface area contributed by atoms with Crippen LogP contribution in [-0.4, -0.2) is 32.7 Å². The third-order valence-corrected chi connectivity index (χ3v) is 4.23. The molecule has 3 rings (SSSR count). The van der Waals surface area contributed by atoms with Crippen molar-refractivity contribution in [1.82, 2.24) is 25.5 Å². The Morgan fingerprint density at radius 3 is 2.88 bits per heavy atom. The highest BCUT2D eigenvalue weighted by Crippen LogP contribution is 2.19. The van der Waals surface area contributed by atoms with Gasteiger partial charge in [0, 0.05) is 4.47 Å². The highest BCUT2D eigenvalue weighted by Gasteiger charge is 2.11. The summed E-state index contributed by atoms with van der Waals surface area (Å²) in [6, 6.07) is 13.5. The SMILES string of the molecule is Cc1ccc(C)c(OCC(=O)NCc2nnnn2-c2cccc(Br)c2)c1. The first-order valence-electron chi connectivity index (χ1n) is 8.03. The second-order valence-corrected chi connectivity index (χ2v) is 6.74. The number of amides is 1. The van der Waals surface area contributed by atoms with E-state index in [4.69, 9.17) is 4.74 Å². The van der Waals surface area contributed by atoms with Crippen LogP contribution in [-0.2, 0) is 11.3 Å². The lowest BCUT2D eigenvalue weighted by Gasteiger charge is -2.10. The fraction of sp³-hybridized carbons (Fsp3) is 0.222. The topological polar surface area (TPSA) is 81.9 Å². The highest BCUT2D eigenvalue weighted by molar-refractivity contribution is 9.10. The molecule has 0 radical (unpaired) electrons. The largest absolute Gasteiger partial charge is 0.483 e. The summed E-state index contributed by atoms with van der Waals surface area (Å²) in [5.41, 5.74) is 2.88. The molecule has 1 aromatic heterocycles. The number of halogens is 1. The molecule has 3 aromatic rings. The molecule has 0 saturated carbocycles. The number of carbonyl (C=O) groups is 1. The lowest BCUT2D eigenvalue weighted by molar-refractivity contribution is -0.123. The Morgan fingerprint density at radius 2 is 2.08 bits per heavy atom. The van der Waals surface area contributed by atoms with Crippen molar-refractivity contribution in [3.05, 3.63) is 63.9 Å². The minimum absolute atomic E-state index is 0.0667. The third-order valence-electron chi connectivity index (χ3n) is 3.73. The van der Waals surface area contributed by atoms with E-state index in [0.29, 0.717) is 11.6 Å². The number of nitrogens with zero attached hydrogens (tertiary/aromatic N) is 4. The summed E-state index contributed by atoms with van der Waals surface area (Å²) in [5.74, 6) is 0.997. The molecule has 0 unspecified atom stereocenters. The van der Waals surface area contributed by atoms with E-state index in [1.54, 1.807) is 4.68 Å². The quantitative estimate of drug-likeness (QED) is 0.669. The number of hydrogen-bond acceptors (Lipinski definition) is 5. The number of tetrazole rings is 1. The Hall–Kier alpha value is -2.74. The number of nitrogens with one attached hydrogen (secondary N) is 1. The van der Waals surface area contributed by atoms with E-state index < -0.39 is 0 Å². The minimum atomic E-state index is -0.241. The van der Waals surface area contributed by atoms with Gasteiger partial charge in [0.15, 0.2) is 12.4 Å². The van der Waals surface area contributed by atoms with Crippen molar-refractivity contribution in [2.75, 3.05) is 6.61 Å². The highest BCUT2D eigenvalue weighted by atomic mass is 79.9. The minimum Gasteiger partial charge on any atom is -0.483 e.